The van der Waals surface area contributed by atoms with Crippen LogP contribution >= 0.6 is 0 Å². The second kappa shape index (κ2) is 7.08. The van der Waals surface area contributed by atoms with Crippen LogP contribution in [0, 0.1) is 12.3 Å². The molecule has 0 spiro atoms. The third-order valence-electron chi connectivity index (χ3n) is 2.72. The first kappa shape index (κ1) is 12.8. The van der Waals surface area contributed by atoms with Gasteiger partial charge in [-0.3, -0.25) is 0 Å². The van der Waals surface area contributed by atoms with Crippen LogP contribution in [0.5, 0.6) is 0 Å². The SMILES string of the molecule is C#CCCCCNC(CC)c1nccn1C. The molecule has 88 valence electrons. The van der Waals surface area contributed by atoms with Crippen LogP contribution < -0.4 is 5.32 Å². The minimum atomic E-state index is 0.353. The summed E-state index contributed by atoms with van der Waals surface area (Å²) in [6.07, 6.45) is 13.2. The Morgan fingerprint density at radius 3 is 2.94 bits per heavy atom. The van der Waals surface area contributed by atoms with Gasteiger partial charge in [0.05, 0.1) is 6.04 Å². The van der Waals surface area contributed by atoms with Crippen molar-refractivity contribution in [3.63, 3.8) is 0 Å². The molecule has 3 heteroatoms. The summed E-state index contributed by atoms with van der Waals surface area (Å²) in [7, 11) is 2.03. The lowest BCUT2D eigenvalue weighted by atomic mass is 10.2. The lowest BCUT2D eigenvalue weighted by Gasteiger charge is -2.16. The molecular formula is C13H21N3. The average Bonchev–Trinajstić information content (AvgIpc) is 2.70. The maximum absolute atomic E-state index is 5.21. The van der Waals surface area contributed by atoms with Crippen molar-refractivity contribution < 1.29 is 0 Å². The predicted molar refractivity (Wildman–Crippen MR) is 66.9 cm³/mol. The van der Waals surface area contributed by atoms with Gasteiger partial charge in [-0.2, -0.15) is 0 Å². The first-order valence-electron chi connectivity index (χ1n) is 5.93. The standard InChI is InChI=1S/C13H21N3/c1-4-6-7-8-9-14-12(5-2)13-15-10-11-16(13)3/h1,10-12,14H,5-9H2,2-3H3. The Morgan fingerprint density at radius 1 is 1.56 bits per heavy atom. The molecule has 1 aromatic heterocycles. The van der Waals surface area contributed by atoms with Gasteiger partial charge >= 0.3 is 0 Å². The van der Waals surface area contributed by atoms with Gasteiger partial charge in [-0.15, -0.1) is 12.3 Å². The summed E-state index contributed by atoms with van der Waals surface area (Å²) in [5.41, 5.74) is 0. The molecule has 0 fully saturated rings. The summed E-state index contributed by atoms with van der Waals surface area (Å²) in [4.78, 5) is 4.37. The van der Waals surface area contributed by atoms with E-state index in [0.29, 0.717) is 6.04 Å². The molecule has 0 aliphatic rings. The van der Waals surface area contributed by atoms with Gasteiger partial charge in [-0.1, -0.05) is 6.92 Å². The van der Waals surface area contributed by atoms with Gasteiger partial charge in [0.2, 0.25) is 0 Å². The fourth-order valence-electron chi connectivity index (χ4n) is 1.76. The zero-order valence-corrected chi connectivity index (χ0v) is 10.2. The topological polar surface area (TPSA) is 29.9 Å². The highest BCUT2D eigenvalue weighted by atomic mass is 15.1. The maximum atomic E-state index is 5.21. The van der Waals surface area contributed by atoms with Crippen molar-refractivity contribution in [2.75, 3.05) is 6.54 Å². The van der Waals surface area contributed by atoms with Crippen molar-refractivity contribution in [1.82, 2.24) is 14.9 Å². The second-order valence-corrected chi connectivity index (χ2v) is 3.97. The lowest BCUT2D eigenvalue weighted by molar-refractivity contribution is 0.472. The first-order chi connectivity index (χ1) is 7.79. The van der Waals surface area contributed by atoms with Crippen molar-refractivity contribution in [3.05, 3.63) is 18.2 Å². The number of hydrogen-bond acceptors (Lipinski definition) is 2. The van der Waals surface area contributed by atoms with Gasteiger partial charge in [-0.05, 0) is 25.8 Å². The van der Waals surface area contributed by atoms with E-state index in [2.05, 4.69) is 27.7 Å². The minimum Gasteiger partial charge on any atom is -0.337 e. The van der Waals surface area contributed by atoms with E-state index in [0.717, 1.165) is 38.1 Å². The molecule has 0 aromatic carbocycles. The number of nitrogens with zero attached hydrogens (tertiary/aromatic N) is 2. The molecule has 0 bridgehead atoms. The molecule has 1 rings (SSSR count). The molecule has 0 aliphatic heterocycles. The van der Waals surface area contributed by atoms with E-state index in [9.17, 15) is 0 Å². The number of imidazole rings is 1. The fourth-order valence-corrected chi connectivity index (χ4v) is 1.76. The number of nitrogens with one attached hydrogen (secondary N) is 1. The average molecular weight is 219 g/mol. The first-order valence-corrected chi connectivity index (χ1v) is 5.93. The van der Waals surface area contributed by atoms with Crippen LogP contribution in [0.4, 0.5) is 0 Å². The van der Waals surface area contributed by atoms with Crippen molar-refractivity contribution in [2.24, 2.45) is 7.05 Å². The number of hydrogen-bond donors (Lipinski definition) is 1. The maximum Gasteiger partial charge on any atom is 0.125 e. The highest BCUT2D eigenvalue weighted by molar-refractivity contribution is 4.98. The quantitative estimate of drug-likeness (QED) is 0.563. The third kappa shape index (κ3) is 3.71. The van der Waals surface area contributed by atoms with E-state index in [-0.39, 0.29) is 0 Å². The van der Waals surface area contributed by atoms with Crippen LogP contribution in [0.15, 0.2) is 12.4 Å². The van der Waals surface area contributed by atoms with E-state index >= 15 is 0 Å². The minimum absolute atomic E-state index is 0.353. The Hall–Kier alpha value is -1.27. The molecule has 0 saturated heterocycles. The molecule has 1 N–H and O–H groups in total. The summed E-state index contributed by atoms with van der Waals surface area (Å²) >= 11 is 0. The Morgan fingerprint density at radius 2 is 2.38 bits per heavy atom. The Kier molecular flexibility index (Phi) is 5.66. The van der Waals surface area contributed by atoms with E-state index in [1.165, 1.54) is 0 Å². The van der Waals surface area contributed by atoms with Gasteiger partial charge < -0.3 is 9.88 Å². The molecule has 0 amide bonds. The van der Waals surface area contributed by atoms with Gasteiger partial charge in [0, 0.05) is 25.9 Å². The molecule has 0 radical (unpaired) electrons. The van der Waals surface area contributed by atoms with Crippen LogP contribution in [0.25, 0.3) is 0 Å². The number of unbranched alkanes of at least 4 members (excludes halogenated alkanes) is 2. The molecule has 0 saturated carbocycles. The third-order valence-corrected chi connectivity index (χ3v) is 2.72. The van der Waals surface area contributed by atoms with Gasteiger partial charge in [0.25, 0.3) is 0 Å². The summed E-state index contributed by atoms with van der Waals surface area (Å²) < 4.78 is 2.07. The predicted octanol–water partition coefficient (Wildman–Crippen LogP) is 2.26. The zero-order valence-electron chi connectivity index (χ0n) is 10.2. The molecule has 1 aromatic rings. The Balaban J connectivity index is 2.33. The molecule has 0 aliphatic carbocycles. The van der Waals surface area contributed by atoms with Crippen LogP contribution in [0.2, 0.25) is 0 Å². The van der Waals surface area contributed by atoms with Crippen molar-refractivity contribution in [2.45, 2.75) is 38.6 Å². The smallest absolute Gasteiger partial charge is 0.125 e. The number of rotatable bonds is 7. The van der Waals surface area contributed by atoms with Gasteiger partial charge in [-0.25, -0.2) is 4.98 Å². The van der Waals surface area contributed by atoms with Crippen LogP contribution in [-0.2, 0) is 7.05 Å². The normalized spacial score (nSPS) is 12.3. The summed E-state index contributed by atoms with van der Waals surface area (Å²) in [5, 5.41) is 3.52. The lowest BCUT2D eigenvalue weighted by Crippen LogP contribution is -2.24. The van der Waals surface area contributed by atoms with Crippen LogP contribution in [0.3, 0.4) is 0 Å². The number of aryl methyl sites for hydroxylation is 1. The molecule has 1 atom stereocenters. The number of terminal acetylenes is 1. The number of aromatic nitrogens is 2. The highest BCUT2D eigenvalue weighted by Crippen LogP contribution is 2.13. The van der Waals surface area contributed by atoms with Crippen LogP contribution in [0.1, 0.15) is 44.5 Å². The zero-order chi connectivity index (χ0) is 11.8. The van der Waals surface area contributed by atoms with Gasteiger partial charge in [0.1, 0.15) is 5.82 Å². The van der Waals surface area contributed by atoms with Crippen molar-refractivity contribution in [3.8, 4) is 12.3 Å². The molecule has 1 heterocycles. The van der Waals surface area contributed by atoms with Crippen LogP contribution in [-0.4, -0.2) is 16.1 Å². The molecule has 16 heavy (non-hydrogen) atoms. The van der Waals surface area contributed by atoms with Crippen molar-refractivity contribution >= 4 is 0 Å². The van der Waals surface area contributed by atoms with E-state index < -0.39 is 0 Å². The molecule has 1 unspecified atom stereocenters. The Bertz CT molecular complexity index is 335. The van der Waals surface area contributed by atoms with E-state index in [1.54, 1.807) is 0 Å². The van der Waals surface area contributed by atoms with Crippen molar-refractivity contribution in [1.29, 1.82) is 0 Å². The fraction of sp³-hybridized carbons (Fsp3) is 0.615. The summed E-state index contributed by atoms with van der Waals surface area (Å²) in [5.74, 6) is 3.77. The highest BCUT2D eigenvalue weighted by Gasteiger charge is 2.12. The molecular weight excluding hydrogens is 198 g/mol. The second-order valence-electron chi connectivity index (χ2n) is 3.97. The van der Waals surface area contributed by atoms with E-state index in [1.807, 2.05) is 19.4 Å². The van der Waals surface area contributed by atoms with E-state index in [4.69, 9.17) is 6.42 Å². The van der Waals surface area contributed by atoms with Gasteiger partial charge in [0.15, 0.2) is 0 Å². The summed E-state index contributed by atoms with van der Waals surface area (Å²) in [6.45, 7) is 3.18. The summed E-state index contributed by atoms with van der Waals surface area (Å²) in [6, 6.07) is 0.353. The monoisotopic (exact) mass is 219 g/mol. The molecule has 3 nitrogen and oxygen atoms in total. The largest absolute Gasteiger partial charge is 0.337 e. The Labute approximate surface area is 98.3 Å².